The lowest BCUT2D eigenvalue weighted by atomic mass is 10.0. The number of rotatable bonds is 3. The third-order valence-corrected chi connectivity index (χ3v) is 6.04. The Hall–Kier alpha value is -2.49. The van der Waals surface area contributed by atoms with E-state index in [4.69, 9.17) is 0 Å². The van der Waals surface area contributed by atoms with Crippen LogP contribution in [0.25, 0.3) is 0 Å². The molecule has 0 unspecified atom stereocenters. The lowest BCUT2D eigenvalue weighted by Gasteiger charge is -2.40. The second-order valence-electron chi connectivity index (χ2n) is 8.05. The van der Waals surface area contributed by atoms with E-state index in [1.165, 1.54) is 11.3 Å². The number of benzene rings is 2. The molecule has 0 saturated carbocycles. The molecule has 0 aromatic heterocycles. The first kappa shape index (κ1) is 17.9. The maximum atomic E-state index is 12.9. The number of para-hydroxylation sites is 1. The fraction of sp³-hybridized carbons (Fsp3) is 0.435. The van der Waals surface area contributed by atoms with Gasteiger partial charge in [0.25, 0.3) is 5.91 Å². The van der Waals surface area contributed by atoms with Crippen molar-refractivity contribution in [2.75, 3.05) is 37.0 Å². The van der Waals surface area contributed by atoms with Crippen molar-refractivity contribution in [3.63, 3.8) is 0 Å². The minimum atomic E-state index is 0.161. The molecule has 4 heteroatoms. The molecule has 0 spiro atoms. The Morgan fingerprint density at radius 2 is 1.67 bits per heavy atom. The molecule has 1 atom stereocenters. The summed E-state index contributed by atoms with van der Waals surface area (Å²) >= 11 is 0. The average Bonchev–Trinajstić information content (AvgIpc) is 3.03. The van der Waals surface area contributed by atoms with Crippen molar-refractivity contribution in [1.29, 1.82) is 0 Å². The van der Waals surface area contributed by atoms with Crippen LogP contribution >= 0.6 is 0 Å². The first-order valence-electron chi connectivity index (χ1n) is 9.97. The second-order valence-corrected chi connectivity index (χ2v) is 8.05. The Bertz CT molecular complexity index is 807. The molecule has 4 nitrogen and oxygen atoms in total. The number of anilines is 2. The van der Waals surface area contributed by atoms with Gasteiger partial charge in [0, 0.05) is 56.2 Å². The first-order valence-corrected chi connectivity index (χ1v) is 9.97. The second kappa shape index (κ2) is 7.26. The maximum absolute atomic E-state index is 12.9. The summed E-state index contributed by atoms with van der Waals surface area (Å²) in [5, 5.41) is 0. The third-order valence-electron chi connectivity index (χ3n) is 6.04. The van der Waals surface area contributed by atoms with Gasteiger partial charge < -0.3 is 14.7 Å². The highest BCUT2D eigenvalue weighted by atomic mass is 16.2. The Morgan fingerprint density at radius 1 is 1.00 bits per heavy atom. The van der Waals surface area contributed by atoms with Gasteiger partial charge in [0.05, 0.1) is 0 Å². The summed E-state index contributed by atoms with van der Waals surface area (Å²) in [5.74, 6) is 0.161. The molecule has 1 fully saturated rings. The Labute approximate surface area is 162 Å². The zero-order valence-corrected chi connectivity index (χ0v) is 16.6. The summed E-state index contributed by atoms with van der Waals surface area (Å²) < 4.78 is 0. The van der Waals surface area contributed by atoms with E-state index in [-0.39, 0.29) is 5.91 Å². The van der Waals surface area contributed by atoms with Gasteiger partial charge in [0.1, 0.15) is 0 Å². The molecule has 2 heterocycles. The van der Waals surface area contributed by atoms with Gasteiger partial charge in [-0.1, -0.05) is 18.2 Å². The summed E-state index contributed by atoms with van der Waals surface area (Å²) in [6.07, 6.45) is 3.22. The molecule has 1 amide bonds. The fourth-order valence-corrected chi connectivity index (χ4v) is 4.58. The van der Waals surface area contributed by atoms with E-state index >= 15 is 0 Å². The number of carbonyl (C=O) groups excluding carboxylic acids is 1. The van der Waals surface area contributed by atoms with Gasteiger partial charge in [-0.2, -0.15) is 0 Å². The largest absolute Gasteiger partial charge is 0.378 e. The molecule has 4 rings (SSSR count). The highest BCUT2D eigenvalue weighted by molar-refractivity contribution is 5.94. The smallest absolute Gasteiger partial charge is 0.253 e. The Morgan fingerprint density at radius 3 is 2.33 bits per heavy atom. The lowest BCUT2D eigenvalue weighted by molar-refractivity contribution is 0.0711. The molecule has 2 aliphatic rings. The molecular formula is C23H29N3O. The van der Waals surface area contributed by atoms with Crippen LogP contribution in [0.15, 0.2) is 48.5 Å². The predicted octanol–water partition coefficient (Wildman–Crippen LogP) is 3.81. The van der Waals surface area contributed by atoms with Gasteiger partial charge in [-0.15, -0.1) is 0 Å². The summed E-state index contributed by atoms with van der Waals surface area (Å²) in [4.78, 5) is 19.5. The maximum Gasteiger partial charge on any atom is 0.253 e. The third kappa shape index (κ3) is 3.41. The van der Waals surface area contributed by atoms with Gasteiger partial charge in [-0.3, -0.25) is 4.79 Å². The fourth-order valence-electron chi connectivity index (χ4n) is 4.58. The van der Waals surface area contributed by atoms with Crippen molar-refractivity contribution in [2.24, 2.45) is 0 Å². The SMILES string of the molecule is C[C@@H]1Cc2ccccc2N1C1CCN(C(=O)c2ccc(N(C)C)cc2)CC1. The molecule has 0 bridgehead atoms. The minimum Gasteiger partial charge on any atom is -0.378 e. The van der Waals surface area contributed by atoms with Gasteiger partial charge in [-0.05, 0) is 62.1 Å². The van der Waals surface area contributed by atoms with E-state index in [9.17, 15) is 4.79 Å². The van der Waals surface area contributed by atoms with Crippen molar-refractivity contribution in [3.8, 4) is 0 Å². The molecule has 2 aromatic rings. The van der Waals surface area contributed by atoms with Crippen molar-refractivity contribution in [1.82, 2.24) is 4.90 Å². The number of hydrogen-bond acceptors (Lipinski definition) is 3. The summed E-state index contributed by atoms with van der Waals surface area (Å²) in [6, 6.07) is 17.8. The number of amides is 1. The number of fused-ring (bicyclic) bond motifs is 1. The number of nitrogens with zero attached hydrogens (tertiary/aromatic N) is 3. The minimum absolute atomic E-state index is 0.161. The van der Waals surface area contributed by atoms with E-state index in [1.54, 1.807) is 0 Å². The standard InChI is InChI=1S/C23H29N3O/c1-17-16-19-6-4-5-7-22(19)26(17)21-12-14-25(15-13-21)23(27)18-8-10-20(11-9-18)24(2)3/h4-11,17,21H,12-16H2,1-3H3/t17-/m1/s1. The first-order chi connectivity index (χ1) is 13.0. The van der Waals surface area contributed by atoms with E-state index in [1.807, 2.05) is 43.3 Å². The van der Waals surface area contributed by atoms with Crippen LogP contribution in [0.4, 0.5) is 11.4 Å². The highest BCUT2D eigenvalue weighted by Gasteiger charge is 2.34. The molecule has 27 heavy (non-hydrogen) atoms. The summed E-state index contributed by atoms with van der Waals surface area (Å²) in [7, 11) is 4.03. The van der Waals surface area contributed by atoms with Crippen molar-refractivity contribution in [3.05, 3.63) is 59.7 Å². The normalized spacial score (nSPS) is 19.9. The van der Waals surface area contributed by atoms with Crippen LogP contribution in [0.1, 0.15) is 35.7 Å². The summed E-state index contributed by atoms with van der Waals surface area (Å²) in [6.45, 7) is 4.00. The van der Waals surface area contributed by atoms with Crippen LogP contribution in [0, 0.1) is 0 Å². The number of piperidine rings is 1. The molecule has 0 radical (unpaired) electrons. The van der Waals surface area contributed by atoms with E-state index < -0.39 is 0 Å². The van der Waals surface area contributed by atoms with Gasteiger partial charge >= 0.3 is 0 Å². The number of carbonyl (C=O) groups is 1. The van der Waals surface area contributed by atoms with Crippen molar-refractivity contribution < 1.29 is 4.79 Å². The summed E-state index contributed by atoms with van der Waals surface area (Å²) in [5.41, 5.74) is 4.77. The monoisotopic (exact) mass is 363 g/mol. The number of hydrogen-bond donors (Lipinski definition) is 0. The van der Waals surface area contributed by atoms with E-state index in [0.717, 1.165) is 43.6 Å². The van der Waals surface area contributed by atoms with Gasteiger partial charge in [0.15, 0.2) is 0 Å². The van der Waals surface area contributed by atoms with Crippen LogP contribution in [-0.4, -0.2) is 50.1 Å². The van der Waals surface area contributed by atoms with Crippen LogP contribution in [0.3, 0.4) is 0 Å². The average molecular weight is 364 g/mol. The van der Waals surface area contributed by atoms with Crippen LogP contribution in [-0.2, 0) is 6.42 Å². The van der Waals surface area contributed by atoms with E-state index in [0.29, 0.717) is 12.1 Å². The van der Waals surface area contributed by atoms with Crippen LogP contribution < -0.4 is 9.80 Å². The quantitative estimate of drug-likeness (QED) is 0.830. The zero-order valence-electron chi connectivity index (χ0n) is 16.6. The highest BCUT2D eigenvalue weighted by Crippen LogP contribution is 2.36. The zero-order chi connectivity index (χ0) is 19.0. The predicted molar refractivity (Wildman–Crippen MR) is 112 cm³/mol. The Balaban J connectivity index is 1.41. The molecule has 142 valence electrons. The topological polar surface area (TPSA) is 26.8 Å². The van der Waals surface area contributed by atoms with Gasteiger partial charge in [0.2, 0.25) is 0 Å². The van der Waals surface area contributed by atoms with Crippen LogP contribution in [0.5, 0.6) is 0 Å². The van der Waals surface area contributed by atoms with Gasteiger partial charge in [-0.25, -0.2) is 0 Å². The molecular weight excluding hydrogens is 334 g/mol. The van der Waals surface area contributed by atoms with E-state index in [2.05, 4.69) is 41.0 Å². The van der Waals surface area contributed by atoms with Crippen molar-refractivity contribution in [2.45, 2.75) is 38.3 Å². The van der Waals surface area contributed by atoms with Crippen molar-refractivity contribution >= 4 is 17.3 Å². The number of likely N-dealkylation sites (tertiary alicyclic amines) is 1. The van der Waals surface area contributed by atoms with Crippen LogP contribution in [0.2, 0.25) is 0 Å². The molecule has 2 aromatic carbocycles. The Kier molecular flexibility index (Phi) is 4.81. The molecule has 1 saturated heterocycles. The molecule has 2 aliphatic heterocycles. The molecule has 0 aliphatic carbocycles. The lowest BCUT2D eigenvalue weighted by Crippen LogP contribution is -2.48. The molecule has 0 N–H and O–H groups in total.